The quantitative estimate of drug-likeness (QED) is 0.246. The summed E-state index contributed by atoms with van der Waals surface area (Å²) in [6, 6.07) is 13.6. The fourth-order valence-electron chi connectivity index (χ4n) is 6.74. The van der Waals surface area contributed by atoms with E-state index in [0.717, 1.165) is 99.1 Å². The molecule has 0 unspecified atom stereocenters. The average molecular weight is 812 g/mol. The first-order valence-electron chi connectivity index (χ1n) is 18.9. The van der Waals surface area contributed by atoms with E-state index in [-0.39, 0.29) is 5.56 Å². The molecule has 14 nitrogen and oxygen atoms in total. The summed E-state index contributed by atoms with van der Waals surface area (Å²) < 4.78 is 61.0. The molecule has 57 heavy (non-hydrogen) atoms. The number of aromatic nitrogens is 4. The molecule has 0 saturated carbocycles. The maximum atomic E-state index is 13.1. The van der Waals surface area contributed by atoms with Crippen molar-refractivity contribution in [3.63, 3.8) is 0 Å². The number of carbonyl (C=O) groups is 1. The highest BCUT2D eigenvalue weighted by Gasteiger charge is 2.31. The van der Waals surface area contributed by atoms with E-state index in [4.69, 9.17) is 40.5 Å². The minimum Gasteiger partial charge on any atom is -0.378 e. The van der Waals surface area contributed by atoms with Gasteiger partial charge in [-0.05, 0) is 54.4 Å². The number of halogens is 4. The predicted octanol–water partition coefficient (Wildman–Crippen LogP) is 5.20. The topological polar surface area (TPSA) is 131 Å². The Bertz CT molecular complexity index is 1920. The zero-order chi connectivity index (χ0) is 39.8. The highest BCUT2D eigenvalue weighted by molar-refractivity contribution is 6.28. The van der Waals surface area contributed by atoms with Gasteiger partial charge >= 0.3 is 6.18 Å². The first-order valence-corrected chi connectivity index (χ1v) is 19.3. The summed E-state index contributed by atoms with van der Waals surface area (Å²) in [5.41, 5.74) is 1.09. The Kier molecular flexibility index (Phi) is 13.2. The van der Waals surface area contributed by atoms with Crippen LogP contribution in [0.15, 0.2) is 54.6 Å². The number of rotatable bonds is 7. The summed E-state index contributed by atoms with van der Waals surface area (Å²) >= 11 is 6.05. The molecule has 4 aliphatic rings. The number of morpholine rings is 4. The van der Waals surface area contributed by atoms with E-state index in [1.54, 1.807) is 12.1 Å². The normalized spacial score (nSPS) is 17.8. The minimum absolute atomic E-state index is 0.0814. The molecule has 0 spiro atoms. The lowest BCUT2D eigenvalue weighted by Gasteiger charge is -2.31. The molecular weight excluding hydrogens is 767 g/mol. The van der Waals surface area contributed by atoms with E-state index in [1.807, 2.05) is 25.1 Å². The maximum Gasteiger partial charge on any atom is 0.416 e. The van der Waals surface area contributed by atoms with Gasteiger partial charge in [-0.1, -0.05) is 12.1 Å². The number of nitrogens with zero attached hydrogens (tertiary/aromatic N) is 8. The molecular formula is C39H45ClF3N9O5. The monoisotopic (exact) mass is 811 g/mol. The molecule has 0 bridgehead atoms. The Morgan fingerprint density at radius 1 is 0.632 bits per heavy atom. The van der Waals surface area contributed by atoms with Crippen LogP contribution in [-0.4, -0.2) is 131 Å². The van der Waals surface area contributed by atoms with Crippen molar-refractivity contribution in [1.82, 2.24) is 19.9 Å². The van der Waals surface area contributed by atoms with E-state index >= 15 is 0 Å². The minimum atomic E-state index is -4.53. The zero-order valence-electron chi connectivity index (χ0n) is 31.6. The number of amides is 1. The van der Waals surface area contributed by atoms with Crippen LogP contribution >= 0.6 is 11.6 Å². The molecule has 18 heteroatoms. The summed E-state index contributed by atoms with van der Waals surface area (Å²) in [6.07, 6.45) is -4.53. The van der Waals surface area contributed by atoms with Crippen molar-refractivity contribution in [3.05, 3.63) is 76.6 Å². The van der Waals surface area contributed by atoms with Gasteiger partial charge in [-0.3, -0.25) is 4.79 Å². The lowest BCUT2D eigenvalue weighted by molar-refractivity contribution is -0.137. The molecule has 2 aromatic carbocycles. The van der Waals surface area contributed by atoms with Gasteiger partial charge in [0.05, 0.1) is 58.4 Å². The summed E-state index contributed by atoms with van der Waals surface area (Å²) in [5, 5.41) is 3.01. The van der Waals surface area contributed by atoms with Crippen LogP contribution in [0.25, 0.3) is 11.4 Å². The second-order valence-electron chi connectivity index (χ2n) is 13.7. The summed E-state index contributed by atoms with van der Waals surface area (Å²) in [6.45, 7) is 13.5. The van der Waals surface area contributed by atoms with Crippen molar-refractivity contribution in [2.75, 3.05) is 130 Å². The second-order valence-corrected chi connectivity index (χ2v) is 14.1. The summed E-state index contributed by atoms with van der Waals surface area (Å²) in [4.78, 5) is 39.8. The van der Waals surface area contributed by atoms with Crippen molar-refractivity contribution in [2.24, 2.45) is 0 Å². The van der Waals surface area contributed by atoms with Crippen molar-refractivity contribution in [3.8, 4) is 11.4 Å². The molecule has 8 rings (SSSR count). The predicted molar refractivity (Wildman–Crippen MR) is 211 cm³/mol. The Balaban J connectivity index is 0.000000218. The SMILES string of the molecule is Cc1ccc(NC(=O)c2cccc(C(F)(F)F)c2)cc1-c1nc(N2CCOCC2)cc(N2CCOCC2)n1.Clc1nc(N2CCOCC2)cc(N2CCOCC2)n1. The number of alkyl halides is 3. The molecule has 304 valence electrons. The Labute approximate surface area is 333 Å². The van der Waals surface area contributed by atoms with Crippen LogP contribution in [0.4, 0.5) is 42.1 Å². The van der Waals surface area contributed by atoms with Crippen LogP contribution in [0.5, 0.6) is 0 Å². The molecule has 0 radical (unpaired) electrons. The van der Waals surface area contributed by atoms with Crippen molar-refractivity contribution < 1.29 is 36.9 Å². The van der Waals surface area contributed by atoms with Crippen molar-refractivity contribution >= 4 is 46.5 Å². The molecule has 2 aromatic heterocycles. The number of hydrogen-bond acceptors (Lipinski definition) is 13. The van der Waals surface area contributed by atoms with Gasteiger partial charge in [0.25, 0.3) is 5.91 Å². The van der Waals surface area contributed by atoms with Crippen molar-refractivity contribution in [2.45, 2.75) is 13.1 Å². The van der Waals surface area contributed by atoms with Gasteiger partial charge in [0.15, 0.2) is 5.82 Å². The Morgan fingerprint density at radius 3 is 1.51 bits per heavy atom. The summed E-state index contributed by atoms with van der Waals surface area (Å²) in [7, 11) is 0. The molecule has 4 fully saturated rings. The van der Waals surface area contributed by atoms with Crippen LogP contribution in [0.3, 0.4) is 0 Å². The number of ether oxygens (including phenoxy) is 4. The fourth-order valence-corrected chi connectivity index (χ4v) is 6.91. The standard InChI is InChI=1S/C27H28F3N5O3.C12H17ClN4O2/c1-18-5-6-21(31-26(36)19-3-2-4-20(15-19)27(28,29)30)16-22(18)25-32-23(34-7-11-37-12-8-34)17-24(33-25)35-9-13-38-14-10-35;13-12-14-10(16-1-5-18-6-2-16)9-11(15-12)17-3-7-19-8-4-17/h2-6,15-17H,7-14H2,1H3,(H,31,36);9H,1-8H2. The van der Waals surface area contributed by atoms with Crippen molar-refractivity contribution in [1.29, 1.82) is 0 Å². The zero-order valence-corrected chi connectivity index (χ0v) is 32.4. The number of nitrogens with one attached hydrogen (secondary N) is 1. The fraction of sp³-hybridized carbons (Fsp3) is 0.462. The molecule has 4 aromatic rings. The van der Waals surface area contributed by atoms with Gasteiger partial charge in [0, 0.05) is 81.3 Å². The van der Waals surface area contributed by atoms with Crippen LogP contribution in [-0.2, 0) is 25.1 Å². The van der Waals surface area contributed by atoms with Gasteiger partial charge < -0.3 is 43.9 Å². The van der Waals surface area contributed by atoms with E-state index in [9.17, 15) is 18.0 Å². The number of benzene rings is 2. The van der Waals surface area contributed by atoms with Crippen LogP contribution < -0.4 is 24.9 Å². The number of carbonyl (C=O) groups excluding carboxylic acids is 1. The number of aryl methyl sites for hydroxylation is 1. The molecule has 0 atom stereocenters. The average Bonchev–Trinajstić information content (AvgIpc) is 3.25. The van der Waals surface area contributed by atoms with Crippen LogP contribution in [0.2, 0.25) is 5.28 Å². The van der Waals surface area contributed by atoms with Gasteiger partial charge in [-0.25, -0.2) is 19.9 Å². The van der Waals surface area contributed by atoms with E-state index < -0.39 is 17.6 Å². The Hall–Kier alpha value is -4.81. The first-order chi connectivity index (χ1) is 27.6. The second kappa shape index (κ2) is 18.6. The molecule has 1 amide bonds. The van der Waals surface area contributed by atoms with Crippen LogP contribution in [0, 0.1) is 6.92 Å². The third-order valence-electron chi connectivity index (χ3n) is 9.90. The highest BCUT2D eigenvalue weighted by atomic mass is 35.5. The van der Waals surface area contributed by atoms with Crippen LogP contribution in [0.1, 0.15) is 21.5 Å². The lowest BCUT2D eigenvalue weighted by atomic mass is 10.1. The Morgan fingerprint density at radius 2 is 1.07 bits per heavy atom. The van der Waals surface area contributed by atoms with Gasteiger partial charge in [-0.15, -0.1) is 0 Å². The third-order valence-corrected chi connectivity index (χ3v) is 10.1. The van der Waals surface area contributed by atoms with Gasteiger partial charge in [-0.2, -0.15) is 13.2 Å². The van der Waals surface area contributed by atoms with E-state index in [0.29, 0.717) is 69.4 Å². The maximum absolute atomic E-state index is 13.1. The molecule has 4 aliphatic heterocycles. The van der Waals surface area contributed by atoms with E-state index in [2.05, 4.69) is 34.9 Å². The smallest absolute Gasteiger partial charge is 0.378 e. The summed E-state index contributed by atoms with van der Waals surface area (Å²) in [5.74, 6) is 3.20. The van der Waals surface area contributed by atoms with Gasteiger partial charge in [0.2, 0.25) is 5.28 Å². The van der Waals surface area contributed by atoms with E-state index in [1.165, 1.54) is 12.1 Å². The number of anilines is 5. The molecule has 1 N–H and O–H groups in total. The molecule has 6 heterocycles. The molecule has 4 saturated heterocycles. The first kappa shape index (κ1) is 40.4. The van der Waals surface area contributed by atoms with Gasteiger partial charge in [0.1, 0.15) is 23.3 Å². The third kappa shape index (κ3) is 10.6. The lowest BCUT2D eigenvalue weighted by Crippen LogP contribution is -2.39. The largest absolute Gasteiger partial charge is 0.416 e. The highest BCUT2D eigenvalue weighted by Crippen LogP contribution is 2.32. The number of hydrogen-bond donors (Lipinski definition) is 1. The molecule has 0 aliphatic carbocycles.